The van der Waals surface area contributed by atoms with Gasteiger partial charge in [0.1, 0.15) is 0 Å². The van der Waals surface area contributed by atoms with Crippen molar-refractivity contribution in [2.45, 2.75) is 5.92 Å². The molecule has 33 heavy (non-hydrogen) atoms. The van der Waals surface area contributed by atoms with E-state index >= 15 is 0 Å². The highest BCUT2D eigenvalue weighted by Crippen LogP contribution is 2.38. The van der Waals surface area contributed by atoms with E-state index in [1.807, 2.05) is 38.4 Å². The Morgan fingerprint density at radius 2 is 1.06 bits per heavy atom. The summed E-state index contributed by atoms with van der Waals surface area (Å²) >= 11 is 0. The molecule has 2 aromatic heterocycles. The number of carbonyl (C=O) groups is 2. The minimum absolute atomic E-state index is 0.163. The molecule has 1 aliphatic rings. The number of nitrogens with zero attached hydrogens (tertiary/aromatic N) is 3. The first-order valence-electron chi connectivity index (χ1n) is 11.1. The first kappa shape index (κ1) is 19.6. The van der Waals surface area contributed by atoms with Crippen molar-refractivity contribution >= 4 is 33.6 Å². The van der Waals surface area contributed by atoms with Crippen molar-refractivity contribution in [1.29, 1.82) is 0 Å². The van der Waals surface area contributed by atoms with Crippen molar-refractivity contribution in [3.8, 4) is 0 Å². The third-order valence-electron chi connectivity index (χ3n) is 6.85. The van der Waals surface area contributed by atoms with E-state index in [0.29, 0.717) is 11.1 Å². The van der Waals surface area contributed by atoms with Crippen LogP contribution >= 0.6 is 0 Å². The van der Waals surface area contributed by atoms with E-state index in [1.54, 1.807) is 24.3 Å². The molecule has 0 N–H and O–H groups in total. The van der Waals surface area contributed by atoms with Crippen LogP contribution in [0.5, 0.6) is 0 Å². The van der Waals surface area contributed by atoms with Gasteiger partial charge in [0.05, 0.1) is 11.1 Å². The monoisotopic (exact) mass is 433 g/mol. The molecule has 5 nitrogen and oxygen atoms in total. The van der Waals surface area contributed by atoms with Crippen molar-refractivity contribution in [2.75, 3.05) is 6.54 Å². The molecule has 1 aliphatic heterocycles. The van der Waals surface area contributed by atoms with Gasteiger partial charge >= 0.3 is 0 Å². The summed E-state index contributed by atoms with van der Waals surface area (Å²) in [5.74, 6) is -0.605. The van der Waals surface area contributed by atoms with E-state index in [1.165, 1.54) is 4.90 Å². The highest BCUT2D eigenvalue weighted by atomic mass is 16.2. The fourth-order valence-electron chi connectivity index (χ4n) is 5.25. The molecule has 0 radical (unpaired) electrons. The van der Waals surface area contributed by atoms with Crippen LogP contribution in [-0.2, 0) is 14.1 Å². The van der Waals surface area contributed by atoms with Crippen molar-refractivity contribution in [2.24, 2.45) is 14.1 Å². The van der Waals surface area contributed by atoms with Gasteiger partial charge in [-0.05, 0) is 35.4 Å². The highest BCUT2D eigenvalue weighted by Gasteiger charge is 2.38. The lowest BCUT2D eigenvalue weighted by molar-refractivity contribution is 0.0649. The highest BCUT2D eigenvalue weighted by molar-refractivity contribution is 6.21. The Labute approximate surface area is 191 Å². The summed E-state index contributed by atoms with van der Waals surface area (Å²) in [6.07, 6.45) is 4.27. The molecule has 0 unspecified atom stereocenters. The van der Waals surface area contributed by atoms with E-state index < -0.39 is 0 Å². The Kier molecular flexibility index (Phi) is 4.27. The zero-order chi connectivity index (χ0) is 22.7. The van der Waals surface area contributed by atoms with E-state index in [-0.39, 0.29) is 24.3 Å². The Hall–Kier alpha value is -4.12. The largest absolute Gasteiger partial charge is 0.350 e. The summed E-state index contributed by atoms with van der Waals surface area (Å²) in [4.78, 5) is 27.9. The number of aryl methyl sites for hydroxylation is 2. The summed E-state index contributed by atoms with van der Waals surface area (Å²) in [7, 11) is 4.07. The number of fused-ring (bicyclic) bond motifs is 3. The Morgan fingerprint density at radius 3 is 1.55 bits per heavy atom. The lowest BCUT2D eigenvalue weighted by Gasteiger charge is -2.23. The molecule has 3 aromatic carbocycles. The van der Waals surface area contributed by atoms with E-state index in [0.717, 1.165) is 32.9 Å². The molecule has 0 saturated carbocycles. The lowest BCUT2D eigenvalue weighted by Crippen LogP contribution is -2.34. The summed E-state index contributed by atoms with van der Waals surface area (Å²) in [6, 6.07) is 23.6. The first-order valence-corrected chi connectivity index (χ1v) is 11.1. The van der Waals surface area contributed by atoms with Gasteiger partial charge in [-0.1, -0.05) is 48.5 Å². The Bertz CT molecular complexity index is 1460. The predicted octanol–water partition coefficient (Wildman–Crippen LogP) is 5.10. The second-order valence-corrected chi connectivity index (χ2v) is 8.74. The maximum absolute atomic E-state index is 13.2. The summed E-state index contributed by atoms with van der Waals surface area (Å²) in [5, 5.41) is 2.27. The van der Waals surface area contributed by atoms with E-state index in [9.17, 15) is 9.59 Å². The van der Waals surface area contributed by atoms with Crippen molar-refractivity contribution < 1.29 is 9.59 Å². The smallest absolute Gasteiger partial charge is 0.261 e. The zero-order valence-corrected chi connectivity index (χ0v) is 18.5. The molecule has 5 aromatic rings. The third-order valence-corrected chi connectivity index (χ3v) is 6.85. The van der Waals surface area contributed by atoms with Crippen LogP contribution < -0.4 is 0 Å². The number of carbonyl (C=O) groups excluding carboxylic acids is 2. The molecule has 2 amide bonds. The maximum Gasteiger partial charge on any atom is 0.261 e. The van der Waals surface area contributed by atoms with Crippen molar-refractivity contribution in [3.63, 3.8) is 0 Å². The van der Waals surface area contributed by atoms with Crippen molar-refractivity contribution in [3.05, 3.63) is 107 Å². The summed E-state index contributed by atoms with van der Waals surface area (Å²) in [6.45, 7) is 0.286. The van der Waals surface area contributed by atoms with Gasteiger partial charge in [-0.25, -0.2) is 0 Å². The number of hydrogen-bond donors (Lipinski definition) is 0. The van der Waals surface area contributed by atoms with Gasteiger partial charge in [0.15, 0.2) is 0 Å². The van der Waals surface area contributed by atoms with E-state index in [2.05, 4.69) is 45.8 Å². The number of para-hydroxylation sites is 2. The number of benzene rings is 3. The van der Waals surface area contributed by atoms with Crippen LogP contribution in [0.1, 0.15) is 37.8 Å². The van der Waals surface area contributed by atoms with Gasteiger partial charge in [-0.15, -0.1) is 0 Å². The standard InChI is InChI=1S/C28H23N3O2/c1-29-15-22(18-9-5-7-13-25(18)29)24(23-16-30(2)26-14-8-6-10-19(23)26)17-31-27(32)20-11-3-4-12-21(20)28(31)33/h3-16,24H,17H2,1-2H3. The molecule has 162 valence electrons. The molecule has 0 spiro atoms. The molecule has 3 heterocycles. The van der Waals surface area contributed by atoms with Gasteiger partial charge < -0.3 is 9.13 Å². The minimum Gasteiger partial charge on any atom is -0.350 e. The molecule has 0 fully saturated rings. The van der Waals surface area contributed by atoms with Gasteiger partial charge in [0.25, 0.3) is 11.8 Å². The summed E-state index contributed by atoms with van der Waals surface area (Å²) in [5.41, 5.74) is 5.44. The zero-order valence-electron chi connectivity index (χ0n) is 18.5. The molecule has 6 rings (SSSR count). The normalized spacial score (nSPS) is 13.6. The van der Waals surface area contributed by atoms with Crippen LogP contribution in [0.2, 0.25) is 0 Å². The van der Waals surface area contributed by atoms with Gasteiger partial charge in [0.2, 0.25) is 0 Å². The number of aromatic nitrogens is 2. The van der Waals surface area contributed by atoms with Crippen LogP contribution in [0.25, 0.3) is 21.8 Å². The average Bonchev–Trinajstić information content (AvgIpc) is 3.44. The second-order valence-electron chi connectivity index (χ2n) is 8.74. The molecular formula is C28H23N3O2. The van der Waals surface area contributed by atoms with Crippen molar-refractivity contribution in [1.82, 2.24) is 14.0 Å². The van der Waals surface area contributed by atoms with Gasteiger partial charge in [-0.2, -0.15) is 0 Å². The van der Waals surface area contributed by atoms with Crippen LogP contribution in [-0.4, -0.2) is 32.4 Å². The van der Waals surface area contributed by atoms with Crippen LogP contribution in [0.3, 0.4) is 0 Å². The van der Waals surface area contributed by atoms with Crippen LogP contribution in [0.4, 0.5) is 0 Å². The van der Waals surface area contributed by atoms with Gasteiger partial charge in [-0.3, -0.25) is 14.5 Å². The fraction of sp³-hybridized carbons (Fsp3) is 0.143. The van der Waals surface area contributed by atoms with Crippen LogP contribution in [0, 0.1) is 0 Å². The molecule has 0 atom stereocenters. The Morgan fingerprint density at radius 1 is 0.636 bits per heavy atom. The number of imide groups is 1. The lowest BCUT2D eigenvalue weighted by atomic mass is 9.90. The topological polar surface area (TPSA) is 47.2 Å². The SMILES string of the molecule is Cn1cc(C(CN2C(=O)c3ccccc3C2=O)c2cn(C)c3ccccc23)c2ccccc21. The quantitative estimate of drug-likeness (QED) is 0.370. The van der Waals surface area contributed by atoms with E-state index in [4.69, 9.17) is 0 Å². The predicted molar refractivity (Wildman–Crippen MR) is 129 cm³/mol. The van der Waals surface area contributed by atoms with Crippen LogP contribution in [0.15, 0.2) is 85.2 Å². The number of hydrogen-bond acceptors (Lipinski definition) is 2. The molecule has 0 bridgehead atoms. The fourth-order valence-corrected chi connectivity index (χ4v) is 5.25. The second kappa shape index (κ2) is 7.20. The summed E-state index contributed by atoms with van der Waals surface area (Å²) < 4.78 is 4.23. The number of amides is 2. The molecule has 0 saturated heterocycles. The van der Waals surface area contributed by atoms with Gasteiger partial charge in [0, 0.05) is 60.8 Å². The Balaban J connectivity index is 1.55. The third kappa shape index (κ3) is 2.85. The number of rotatable bonds is 4. The molecule has 0 aliphatic carbocycles. The first-order chi connectivity index (χ1) is 16.0. The maximum atomic E-state index is 13.2. The minimum atomic E-state index is -0.221. The average molecular weight is 434 g/mol. The molecular weight excluding hydrogens is 410 g/mol. The molecule has 5 heteroatoms.